The predicted octanol–water partition coefficient (Wildman–Crippen LogP) is -0.795. The normalized spacial score (nSPS) is 21.8. The number of alkyl carbamates (subject to hydrolysis) is 1. The summed E-state index contributed by atoms with van der Waals surface area (Å²) in [7, 11) is 0. The van der Waals surface area contributed by atoms with Gasteiger partial charge < -0.3 is 55.7 Å². The maximum absolute atomic E-state index is 12.5. The lowest BCUT2D eigenvalue weighted by Gasteiger charge is -2.46. The maximum Gasteiger partial charge on any atom is 0.408 e. The van der Waals surface area contributed by atoms with E-state index in [-0.39, 0.29) is 26.2 Å². The number of terminal acetylenes is 1. The van der Waals surface area contributed by atoms with E-state index >= 15 is 0 Å². The Balaban J connectivity index is 1.70. The lowest BCUT2D eigenvalue weighted by molar-refractivity contribution is -0.314. The van der Waals surface area contributed by atoms with Crippen LogP contribution < -0.4 is 16.0 Å². The number of benzene rings is 2. The molecule has 1 saturated heterocycles. The van der Waals surface area contributed by atoms with Gasteiger partial charge in [-0.3, -0.25) is 9.59 Å². The lowest BCUT2D eigenvalue weighted by atomic mass is 9.88. The second-order valence-electron chi connectivity index (χ2n) is 10.6. The highest BCUT2D eigenvalue weighted by molar-refractivity contribution is 6.30. The van der Waals surface area contributed by atoms with Gasteiger partial charge in [0, 0.05) is 24.5 Å². The molecule has 1 aliphatic heterocycles. The molecular weight excluding hydrogens is 642 g/mol. The first-order valence-corrected chi connectivity index (χ1v) is 14.7. The van der Waals surface area contributed by atoms with Crippen LogP contribution in [0.3, 0.4) is 0 Å². The molecule has 0 spiro atoms. The first kappa shape index (κ1) is 37.2. The first-order valence-electron chi connectivity index (χ1n) is 14.3. The van der Waals surface area contributed by atoms with Gasteiger partial charge in [0.1, 0.15) is 18.8 Å². The molecule has 3 rings (SSSR count). The minimum absolute atomic E-state index is 0.0691. The Morgan fingerprint density at radius 3 is 2.28 bits per heavy atom. The largest absolute Gasteiger partial charge is 0.477 e. The molecule has 6 atom stereocenters. The third-order valence-electron chi connectivity index (χ3n) is 7.11. The van der Waals surface area contributed by atoms with Crippen LogP contribution in [0.2, 0.25) is 5.02 Å². The van der Waals surface area contributed by atoms with Gasteiger partial charge in [-0.25, -0.2) is 9.59 Å². The molecule has 1 fully saturated rings. The summed E-state index contributed by atoms with van der Waals surface area (Å²) in [6.45, 7) is -1.92. The van der Waals surface area contributed by atoms with Gasteiger partial charge in [0.05, 0.1) is 31.3 Å². The zero-order valence-electron chi connectivity index (χ0n) is 25.0. The lowest BCUT2D eigenvalue weighted by Crippen LogP contribution is -2.68. The number of aliphatic hydroxyl groups excluding tert-OH is 4. The summed E-state index contributed by atoms with van der Waals surface area (Å²) in [6.07, 6.45) is -3.64. The SMILES string of the molecule is C#CCOC(=O)NCc1ccc(CO[C@]2(C(=O)O)C[C@H](O)[C@@H](NC(=O)CO)[C@H]([C@H](O)[C@H](O)CNC(=O)Cc3ccc(Cl)cc3)O2)cc1. The van der Waals surface area contributed by atoms with E-state index in [1.165, 1.54) is 0 Å². The van der Waals surface area contributed by atoms with Gasteiger partial charge in [0.25, 0.3) is 5.79 Å². The van der Waals surface area contributed by atoms with Crippen LogP contribution in [0, 0.1) is 12.3 Å². The van der Waals surface area contributed by atoms with Gasteiger partial charge in [0.2, 0.25) is 11.8 Å². The topological polar surface area (TPSA) is 233 Å². The van der Waals surface area contributed by atoms with E-state index in [9.17, 15) is 44.7 Å². The van der Waals surface area contributed by atoms with Gasteiger partial charge in [0.15, 0.2) is 6.61 Å². The Morgan fingerprint density at radius 2 is 1.66 bits per heavy atom. The molecule has 0 saturated carbocycles. The molecule has 0 bridgehead atoms. The first-order chi connectivity index (χ1) is 22.4. The van der Waals surface area contributed by atoms with Gasteiger partial charge in [-0.05, 0) is 28.8 Å². The number of aliphatic hydroxyl groups is 4. The molecule has 0 aliphatic carbocycles. The summed E-state index contributed by atoms with van der Waals surface area (Å²) in [5.41, 5.74) is 1.77. The highest BCUT2D eigenvalue weighted by atomic mass is 35.5. The summed E-state index contributed by atoms with van der Waals surface area (Å²) >= 11 is 5.85. The van der Waals surface area contributed by atoms with Crippen LogP contribution in [0.15, 0.2) is 48.5 Å². The van der Waals surface area contributed by atoms with Gasteiger partial charge >= 0.3 is 12.1 Å². The number of amides is 3. The molecule has 254 valence electrons. The van der Waals surface area contributed by atoms with Crippen LogP contribution >= 0.6 is 11.6 Å². The zero-order valence-corrected chi connectivity index (χ0v) is 25.8. The number of halogens is 1. The second-order valence-corrected chi connectivity index (χ2v) is 11.0. The summed E-state index contributed by atoms with van der Waals surface area (Å²) in [5.74, 6) is -3.53. The van der Waals surface area contributed by atoms with E-state index in [2.05, 4.69) is 21.9 Å². The van der Waals surface area contributed by atoms with Crippen molar-refractivity contribution in [2.75, 3.05) is 19.8 Å². The van der Waals surface area contributed by atoms with E-state index in [1.54, 1.807) is 48.5 Å². The van der Waals surface area contributed by atoms with Crippen LogP contribution in [0.5, 0.6) is 0 Å². The maximum atomic E-state index is 12.5. The van der Waals surface area contributed by atoms with Crippen LogP contribution in [-0.4, -0.2) is 105 Å². The number of hydrogen-bond donors (Lipinski definition) is 8. The smallest absolute Gasteiger partial charge is 0.408 e. The van der Waals surface area contributed by atoms with E-state index in [1.807, 2.05) is 0 Å². The summed E-state index contributed by atoms with van der Waals surface area (Å²) in [4.78, 5) is 48.5. The molecule has 0 radical (unpaired) electrons. The minimum atomic E-state index is -2.55. The number of ether oxygens (including phenoxy) is 3. The number of aliphatic carboxylic acids is 1. The van der Waals surface area contributed by atoms with Crippen LogP contribution in [0.1, 0.15) is 23.1 Å². The van der Waals surface area contributed by atoms with Crippen molar-refractivity contribution in [3.05, 3.63) is 70.2 Å². The van der Waals surface area contributed by atoms with Crippen molar-refractivity contribution in [3.63, 3.8) is 0 Å². The Morgan fingerprint density at radius 1 is 1.02 bits per heavy atom. The van der Waals surface area contributed by atoms with Crippen molar-refractivity contribution in [1.82, 2.24) is 16.0 Å². The fourth-order valence-electron chi connectivity index (χ4n) is 4.64. The Hall–Kier alpha value is -4.27. The average Bonchev–Trinajstić information content (AvgIpc) is 3.06. The van der Waals surface area contributed by atoms with Crippen molar-refractivity contribution in [1.29, 1.82) is 0 Å². The van der Waals surface area contributed by atoms with E-state index in [0.29, 0.717) is 21.7 Å². The molecule has 3 amide bonds. The van der Waals surface area contributed by atoms with E-state index in [4.69, 9.17) is 32.2 Å². The van der Waals surface area contributed by atoms with Crippen molar-refractivity contribution < 1.29 is 58.9 Å². The number of carboxylic acid groups (broad SMARTS) is 1. The fourth-order valence-corrected chi connectivity index (χ4v) is 4.77. The van der Waals surface area contributed by atoms with E-state index in [0.717, 1.165) is 0 Å². The quantitative estimate of drug-likeness (QED) is 0.108. The van der Waals surface area contributed by atoms with Crippen molar-refractivity contribution in [2.24, 2.45) is 0 Å². The highest BCUT2D eigenvalue weighted by Crippen LogP contribution is 2.34. The second kappa shape index (κ2) is 17.6. The molecule has 0 aromatic heterocycles. The van der Waals surface area contributed by atoms with Gasteiger partial charge in [-0.1, -0.05) is 53.9 Å². The summed E-state index contributed by atoms with van der Waals surface area (Å²) in [5, 5.41) is 59.8. The van der Waals surface area contributed by atoms with Gasteiger partial charge in [-0.2, -0.15) is 0 Å². The number of nitrogens with one attached hydrogen (secondary N) is 3. The predicted molar refractivity (Wildman–Crippen MR) is 163 cm³/mol. The number of carboxylic acids is 1. The number of hydrogen-bond acceptors (Lipinski definition) is 11. The summed E-state index contributed by atoms with van der Waals surface area (Å²) < 4.78 is 16.1. The number of carbonyl (C=O) groups is 4. The van der Waals surface area contributed by atoms with Crippen molar-refractivity contribution in [3.8, 4) is 12.3 Å². The molecule has 2 aromatic rings. The Labute approximate surface area is 274 Å². The monoisotopic (exact) mass is 677 g/mol. The summed E-state index contributed by atoms with van der Waals surface area (Å²) in [6, 6.07) is 11.4. The molecular formula is C31H36ClN3O12. The Kier molecular flexibility index (Phi) is 13.9. The molecule has 8 N–H and O–H groups in total. The van der Waals surface area contributed by atoms with Gasteiger partial charge in [-0.15, -0.1) is 6.42 Å². The Bertz CT molecular complexity index is 1420. The molecule has 47 heavy (non-hydrogen) atoms. The third-order valence-corrected chi connectivity index (χ3v) is 7.36. The highest BCUT2D eigenvalue weighted by Gasteiger charge is 2.55. The zero-order chi connectivity index (χ0) is 34.6. The number of rotatable bonds is 15. The third kappa shape index (κ3) is 10.9. The molecule has 0 unspecified atom stereocenters. The van der Waals surface area contributed by atoms with E-state index < -0.39 is 79.7 Å². The van der Waals surface area contributed by atoms with Crippen LogP contribution in [0.25, 0.3) is 0 Å². The minimum Gasteiger partial charge on any atom is -0.477 e. The van der Waals surface area contributed by atoms with Crippen LogP contribution in [-0.2, 0) is 48.2 Å². The standard InChI is InChI=1S/C31H36ClN3O12/c1-2-11-45-30(44)34-14-19-3-5-20(6-4-19)17-46-31(29(42)43)13-22(37)26(35-25(40)16-36)28(47-31)27(41)23(38)15-33-24(39)12-18-7-9-21(32)10-8-18/h1,3-10,22-23,26-28,36-38,41H,11-17H2,(H,33,39)(H,34,44)(H,35,40)(H,42,43)/t22-,23+,26+,27+,28+,31+/m0/s1. The van der Waals surface area contributed by atoms with Crippen molar-refractivity contribution in [2.45, 2.75) is 62.2 Å². The molecule has 16 heteroatoms. The van der Waals surface area contributed by atoms with Crippen LogP contribution in [0.4, 0.5) is 4.79 Å². The molecule has 15 nitrogen and oxygen atoms in total. The molecule has 1 aliphatic rings. The molecule has 2 aromatic carbocycles. The van der Waals surface area contributed by atoms with Crippen molar-refractivity contribution >= 4 is 35.5 Å². The average molecular weight is 678 g/mol. The molecule has 1 heterocycles. The fraction of sp³-hybridized carbons (Fsp3) is 0.419. The number of carbonyl (C=O) groups excluding carboxylic acids is 3.